The Morgan fingerprint density at radius 2 is 1.86 bits per heavy atom. The molecule has 3 N–H and O–H groups in total. The molecule has 0 saturated carbocycles. The fourth-order valence-corrected chi connectivity index (χ4v) is 2.55. The largest absolute Gasteiger partial charge is 0.481 e. The lowest BCUT2D eigenvalue weighted by atomic mass is 10.2. The number of hydrogen-bond acceptors (Lipinski definition) is 4. The second kappa shape index (κ2) is 11.2. The molecular weight excluding hydrogens is 294 g/mol. The lowest BCUT2D eigenvalue weighted by molar-refractivity contribution is -0.141. The Balaban J connectivity index is 4.14. The first kappa shape index (κ1) is 19.5. The Morgan fingerprint density at radius 1 is 1.19 bits per heavy atom. The highest BCUT2D eigenvalue weighted by Crippen LogP contribution is 2.09. The van der Waals surface area contributed by atoms with Crippen molar-refractivity contribution in [3.05, 3.63) is 11.6 Å². The summed E-state index contributed by atoms with van der Waals surface area (Å²) in [6.45, 7) is 4.13. The van der Waals surface area contributed by atoms with E-state index in [1.807, 2.05) is 6.92 Å². The van der Waals surface area contributed by atoms with Crippen molar-refractivity contribution in [1.82, 2.24) is 5.32 Å². The molecule has 0 heterocycles. The van der Waals surface area contributed by atoms with Gasteiger partial charge in [0.2, 0.25) is 5.91 Å². The van der Waals surface area contributed by atoms with Crippen molar-refractivity contribution in [2.75, 3.05) is 11.5 Å². The van der Waals surface area contributed by atoms with Crippen LogP contribution in [0.1, 0.15) is 39.5 Å². The molecular formula is C14H23NO5S. The molecule has 0 fully saturated rings. The van der Waals surface area contributed by atoms with Gasteiger partial charge in [-0.25, -0.2) is 4.79 Å². The molecule has 0 aliphatic rings. The smallest absolute Gasteiger partial charge is 0.327 e. The second-order valence-electron chi connectivity index (χ2n) is 4.69. The summed E-state index contributed by atoms with van der Waals surface area (Å²) in [5.74, 6) is -1.79. The SMILES string of the molecule is CCC/C(C)=C/CSC[C@H](NC(=O)CCC(=O)O)C(=O)O. The fourth-order valence-electron chi connectivity index (χ4n) is 1.55. The van der Waals surface area contributed by atoms with Gasteiger partial charge in [0, 0.05) is 17.9 Å². The molecule has 6 nitrogen and oxygen atoms in total. The molecule has 7 heteroatoms. The Kier molecular flexibility index (Phi) is 10.4. The first-order valence-electron chi connectivity index (χ1n) is 6.84. The molecule has 1 amide bonds. The zero-order valence-electron chi connectivity index (χ0n) is 12.4. The van der Waals surface area contributed by atoms with Gasteiger partial charge in [-0.2, -0.15) is 11.8 Å². The molecule has 0 bridgehead atoms. The quantitative estimate of drug-likeness (QED) is 0.397. The molecule has 0 saturated heterocycles. The molecule has 0 aromatic carbocycles. The zero-order chi connectivity index (χ0) is 16.3. The van der Waals surface area contributed by atoms with Crippen LogP contribution in [0.2, 0.25) is 0 Å². The van der Waals surface area contributed by atoms with E-state index in [2.05, 4.69) is 18.3 Å². The molecule has 0 radical (unpaired) electrons. The normalized spacial score (nSPS) is 12.8. The predicted molar refractivity (Wildman–Crippen MR) is 82.4 cm³/mol. The summed E-state index contributed by atoms with van der Waals surface area (Å²) in [6, 6.07) is -0.990. The molecule has 1 atom stereocenters. The van der Waals surface area contributed by atoms with E-state index in [4.69, 9.17) is 10.2 Å². The second-order valence-corrected chi connectivity index (χ2v) is 5.76. The minimum absolute atomic E-state index is 0.209. The van der Waals surface area contributed by atoms with Crippen molar-refractivity contribution in [3.8, 4) is 0 Å². The highest BCUT2D eigenvalue weighted by atomic mass is 32.2. The third kappa shape index (κ3) is 10.9. The van der Waals surface area contributed by atoms with Crippen LogP contribution in [0.25, 0.3) is 0 Å². The number of carbonyl (C=O) groups excluding carboxylic acids is 1. The number of allylic oxidation sites excluding steroid dienone is 1. The van der Waals surface area contributed by atoms with E-state index < -0.39 is 23.9 Å². The van der Waals surface area contributed by atoms with Crippen molar-refractivity contribution in [1.29, 1.82) is 0 Å². The van der Waals surface area contributed by atoms with Crippen LogP contribution in [0.3, 0.4) is 0 Å². The van der Waals surface area contributed by atoms with Gasteiger partial charge in [0.15, 0.2) is 0 Å². The van der Waals surface area contributed by atoms with Gasteiger partial charge < -0.3 is 15.5 Å². The number of thioether (sulfide) groups is 1. The molecule has 21 heavy (non-hydrogen) atoms. The van der Waals surface area contributed by atoms with Gasteiger partial charge in [0.1, 0.15) is 6.04 Å². The predicted octanol–water partition coefficient (Wildman–Crippen LogP) is 1.90. The highest BCUT2D eigenvalue weighted by Gasteiger charge is 2.19. The first-order chi connectivity index (χ1) is 9.86. The monoisotopic (exact) mass is 317 g/mol. The van der Waals surface area contributed by atoms with Crippen molar-refractivity contribution >= 4 is 29.6 Å². The van der Waals surface area contributed by atoms with Gasteiger partial charge in [0.05, 0.1) is 6.42 Å². The number of nitrogens with one attached hydrogen (secondary N) is 1. The van der Waals surface area contributed by atoms with Crippen LogP contribution in [0, 0.1) is 0 Å². The zero-order valence-corrected chi connectivity index (χ0v) is 13.2. The number of rotatable bonds is 11. The lowest BCUT2D eigenvalue weighted by Gasteiger charge is -2.13. The Morgan fingerprint density at radius 3 is 2.38 bits per heavy atom. The lowest BCUT2D eigenvalue weighted by Crippen LogP contribution is -2.42. The fraction of sp³-hybridized carbons (Fsp3) is 0.643. The Labute approximate surface area is 129 Å². The molecule has 0 rings (SSSR count). The maximum atomic E-state index is 11.4. The maximum absolute atomic E-state index is 11.4. The standard InChI is InChI=1S/C14H23NO5S/c1-3-4-10(2)7-8-21-9-11(14(19)20)15-12(16)5-6-13(17)18/h7,11H,3-6,8-9H2,1-2H3,(H,15,16)(H,17,18)(H,19,20)/b10-7+/t11-/m0/s1. The van der Waals surface area contributed by atoms with Crippen LogP contribution in [0.4, 0.5) is 0 Å². The van der Waals surface area contributed by atoms with E-state index in [0.29, 0.717) is 5.75 Å². The molecule has 0 aliphatic carbocycles. The topological polar surface area (TPSA) is 104 Å². The van der Waals surface area contributed by atoms with Crippen LogP contribution >= 0.6 is 11.8 Å². The van der Waals surface area contributed by atoms with Crippen LogP contribution in [-0.4, -0.2) is 45.6 Å². The third-order valence-electron chi connectivity index (χ3n) is 2.68. The van der Waals surface area contributed by atoms with E-state index in [0.717, 1.165) is 12.8 Å². The minimum Gasteiger partial charge on any atom is -0.481 e. The summed E-state index contributed by atoms with van der Waals surface area (Å²) in [5.41, 5.74) is 1.27. The molecule has 0 aliphatic heterocycles. The van der Waals surface area contributed by atoms with Crippen LogP contribution in [-0.2, 0) is 14.4 Å². The first-order valence-corrected chi connectivity index (χ1v) is 7.99. The summed E-state index contributed by atoms with van der Waals surface area (Å²) in [7, 11) is 0. The summed E-state index contributed by atoms with van der Waals surface area (Å²) in [4.78, 5) is 32.8. The van der Waals surface area contributed by atoms with Crippen molar-refractivity contribution in [3.63, 3.8) is 0 Å². The summed E-state index contributed by atoms with van der Waals surface area (Å²) in [6.07, 6.45) is 3.64. The average Bonchev–Trinajstić information content (AvgIpc) is 2.39. The van der Waals surface area contributed by atoms with Crippen LogP contribution < -0.4 is 5.32 Å². The van der Waals surface area contributed by atoms with E-state index in [1.54, 1.807) is 0 Å². The number of carboxylic acids is 2. The Hall–Kier alpha value is -1.50. The highest BCUT2D eigenvalue weighted by molar-refractivity contribution is 7.99. The van der Waals surface area contributed by atoms with Crippen molar-refractivity contribution in [2.24, 2.45) is 0 Å². The number of aliphatic carboxylic acids is 2. The van der Waals surface area contributed by atoms with Crippen molar-refractivity contribution < 1.29 is 24.6 Å². The van der Waals surface area contributed by atoms with E-state index in [1.165, 1.54) is 17.3 Å². The average molecular weight is 317 g/mol. The van der Waals surface area contributed by atoms with Crippen LogP contribution in [0.15, 0.2) is 11.6 Å². The molecule has 0 aromatic rings. The molecule has 0 spiro atoms. The van der Waals surface area contributed by atoms with E-state index in [9.17, 15) is 14.4 Å². The summed E-state index contributed by atoms with van der Waals surface area (Å²) < 4.78 is 0. The summed E-state index contributed by atoms with van der Waals surface area (Å²) in [5, 5.41) is 19.8. The molecule has 0 aromatic heterocycles. The maximum Gasteiger partial charge on any atom is 0.327 e. The number of carbonyl (C=O) groups is 3. The Bertz CT molecular complexity index is 395. The number of carboxylic acid groups (broad SMARTS) is 2. The van der Waals surface area contributed by atoms with Gasteiger partial charge >= 0.3 is 11.9 Å². The van der Waals surface area contributed by atoms with Gasteiger partial charge in [-0.3, -0.25) is 9.59 Å². The summed E-state index contributed by atoms with van der Waals surface area (Å²) >= 11 is 1.42. The van der Waals surface area contributed by atoms with Crippen molar-refractivity contribution in [2.45, 2.75) is 45.6 Å². The van der Waals surface area contributed by atoms with Crippen LogP contribution in [0.5, 0.6) is 0 Å². The number of hydrogen-bond donors (Lipinski definition) is 3. The molecule has 0 unspecified atom stereocenters. The minimum atomic E-state index is -1.11. The van der Waals surface area contributed by atoms with Gasteiger partial charge in [-0.1, -0.05) is 25.0 Å². The van der Waals surface area contributed by atoms with E-state index >= 15 is 0 Å². The third-order valence-corrected chi connectivity index (χ3v) is 3.65. The molecule has 120 valence electrons. The number of amides is 1. The van der Waals surface area contributed by atoms with E-state index in [-0.39, 0.29) is 18.6 Å². The van der Waals surface area contributed by atoms with Gasteiger partial charge in [0.25, 0.3) is 0 Å². The van der Waals surface area contributed by atoms with Gasteiger partial charge in [-0.15, -0.1) is 0 Å². The van der Waals surface area contributed by atoms with Gasteiger partial charge in [-0.05, 0) is 13.3 Å².